The van der Waals surface area contributed by atoms with E-state index in [2.05, 4.69) is 41.6 Å². The molecule has 0 saturated heterocycles. The first-order valence-electron chi connectivity index (χ1n) is 5.87. The van der Waals surface area contributed by atoms with Crippen molar-refractivity contribution in [2.45, 2.75) is 38.6 Å². The minimum absolute atomic E-state index is 0.530. The average Bonchev–Trinajstić information content (AvgIpc) is 3.10. The molecule has 3 N–H and O–H groups in total. The molecule has 3 heteroatoms. The Balaban J connectivity index is 1.92. The highest BCUT2D eigenvalue weighted by atomic mass is 15.3. The molecule has 0 aromatic heterocycles. The summed E-state index contributed by atoms with van der Waals surface area (Å²) in [5.74, 6) is 6.41. The lowest BCUT2D eigenvalue weighted by atomic mass is 10.0. The van der Waals surface area contributed by atoms with Gasteiger partial charge in [-0.25, -0.2) is 5.84 Å². The molecular weight excluding hydrogens is 198 g/mol. The van der Waals surface area contributed by atoms with E-state index in [-0.39, 0.29) is 0 Å². The number of rotatable bonds is 4. The summed E-state index contributed by atoms with van der Waals surface area (Å²) in [6.45, 7) is 2.14. The van der Waals surface area contributed by atoms with Crippen molar-refractivity contribution in [3.8, 4) is 0 Å². The number of nitrogens with one attached hydrogen (secondary N) is 1. The van der Waals surface area contributed by atoms with Crippen LogP contribution in [0.3, 0.4) is 0 Å². The Kier molecular flexibility index (Phi) is 3.57. The number of nitrogens with zero attached hydrogens (tertiary/aromatic N) is 1. The molecule has 3 nitrogen and oxygen atoms in total. The summed E-state index contributed by atoms with van der Waals surface area (Å²) in [6.07, 6.45) is 4.34. The van der Waals surface area contributed by atoms with Crippen molar-refractivity contribution in [2.75, 3.05) is 0 Å². The summed E-state index contributed by atoms with van der Waals surface area (Å²) in [4.78, 5) is 4.53. The molecule has 0 atom stereocenters. The first-order chi connectivity index (χ1) is 7.79. The fraction of sp³-hybridized carbons (Fsp3) is 0.462. The van der Waals surface area contributed by atoms with Gasteiger partial charge in [-0.2, -0.15) is 0 Å². The second-order valence-electron chi connectivity index (χ2n) is 4.38. The van der Waals surface area contributed by atoms with Crippen LogP contribution in [0.25, 0.3) is 0 Å². The van der Waals surface area contributed by atoms with Gasteiger partial charge in [0.05, 0.1) is 6.04 Å². The highest BCUT2D eigenvalue weighted by Gasteiger charge is 2.20. The average molecular weight is 217 g/mol. The van der Waals surface area contributed by atoms with Crippen molar-refractivity contribution >= 4 is 5.84 Å². The fourth-order valence-corrected chi connectivity index (χ4v) is 1.74. The Hall–Kier alpha value is -1.35. The SMILES string of the molecule is Cc1ccccc1CCC(=NC1CC1)NN. The Bertz CT molecular complexity index is 381. The molecule has 1 saturated carbocycles. The molecule has 0 aliphatic heterocycles. The van der Waals surface area contributed by atoms with Crippen molar-refractivity contribution < 1.29 is 0 Å². The quantitative estimate of drug-likeness (QED) is 0.350. The molecule has 0 radical (unpaired) electrons. The maximum absolute atomic E-state index is 5.47. The molecule has 1 aliphatic rings. The Morgan fingerprint density at radius 1 is 1.44 bits per heavy atom. The summed E-state index contributed by atoms with van der Waals surface area (Å²) in [5, 5.41) is 0. The maximum atomic E-state index is 5.47. The predicted molar refractivity (Wildman–Crippen MR) is 67.3 cm³/mol. The van der Waals surface area contributed by atoms with Gasteiger partial charge in [0.2, 0.25) is 0 Å². The fourth-order valence-electron chi connectivity index (χ4n) is 1.74. The third kappa shape index (κ3) is 3.07. The van der Waals surface area contributed by atoms with Crippen molar-refractivity contribution in [1.82, 2.24) is 5.43 Å². The van der Waals surface area contributed by atoms with Gasteiger partial charge in [0.15, 0.2) is 0 Å². The van der Waals surface area contributed by atoms with Crippen LogP contribution in [0.1, 0.15) is 30.4 Å². The van der Waals surface area contributed by atoms with E-state index in [1.54, 1.807) is 0 Å². The molecule has 2 rings (SSSR count). The molecule has 0 unspecified atom stereocenters. The molecule has 0 heterocycles. The number of hydrazine groups is 1. The van der Waals surface area contributed by atoms with Crippen molar-refractivity contribution in [3.05, 3.63) is 35.4 Å². The maximum Gasteiger partial charge on any atom is 0.111 e. The van der Waals surface area contributed by atoms with E-state index in [9.17, 15) is 0 Å². The zero-order valence-corrected chi connectivity index (χ0v) is 9.74. The topological polar surface area (TPSA) is 50.4 Å². The van der Waals surface area contributed by atoms with E-state index in [0.717, 1.165) is 18.7 Å². The highest BCUT2D eigenvalue weighted by molar-refractivity contribution is 5.82. The number of hydrogen-bond donors (Lipinski definition) is 2. The Morgan fingerprint density at radius 2 is 2.19 bits per heavy atom. The number of hydrogen-bond acceptors (Lipinski definition) is 2. The minimum Gasteiger partial charge on any atom is -0.312 e. The van der Waals surface area contributed by atoms with Crippen LogP contribution >= 0.6 is 0 Å². The van der Waals surface area contributed by atoms with E-state index in [1.807, 2.05) is 0 Å². The minimum atomic E-state index is 0.530. The second kappa shape index (κ2) is 5.12. The van der Waals surface area contributed by atoms with Gasteiger partial charge in [-0.15, -0.1) is 0 Å². The first-order valence-corrected chi connectivity index (χ1v) is 5.87. The Morgan fingerprint density at radius 3 is 2.81 bits per heavy atom. The van der Waals surface area contributed by atoms with Gasteiger partial charge < -0.3 is 5.43 Å². The van der Waals surface area contributed by atoms with Gasteiger partial charge in [0.1, 0.15) is 5.84 Å². The van der Waals surface area contributed by atoms with Crippen LogP contribution in [0.2, 0.25) is 0 Å². The van der Waals surface area contributed by atoms with Crippen LogP contribution in [0.15, 0.2) is 29.3 Å². The standard InChI is InChI=1S/C13H19N3/c1-10-4-2-3-5-11(10)6-9-13(16-14)15-12-7-8-12/h2-5,12H,6-9,14H2,1H3,(H,15,16). The van der Waals surface area contributed by atoms with Crippen LogP contribution < -0.4 is 11.3 Å². The second-order valence-corrected chi connectivity index (χ2v) is 4.38. The van der Waals surface area contributed by atoms with E-state index in [1.165, 1.54) is 24.0 Å². The summed E-state index contributed by atoms with van der Waals surface area (Å²) < 4.78 is 0. The molecule has 16 heavy (non-hydrogen) atoms. The predicted octanol–water partition coefficient (Wildman–Crippen LogP) is 1.95. The smallest absolute Gasteiger partial charge is 0.111 e. The summed E-state index contributed by atoms with van der Waals surface area (Å²) in [7, 11) is 0. The van der Waals surface area contributed by atoms with Gasteiger partial charge >= 0.3 is 0 Å². The van der Waals surface area contributed by atoms with E-state index >= 15 is 0 Å². The summed E-state index contributed by atoms with van der Waals surface area (Å²) in [6, 6.07) is 8.99. The molecule has 0 spiro atoms. The van der Waals surface area contributed by atoms with Gasteiger partial charge in [-0.1, -0.05) is 24.3 Å². The van der Waals surface area contributed by atoms with Gasteiger partial charge in [-0.05, 0) is 37.3 Å². The van der Waals surface area contributed by atoms with Gasteiger partial charge in [-0.3, -0.25) is 4.99 Å². The lowest BCUT2D eigenvalue weighted by Gasteiger charge is -2.07. The van der Waals surface area contributed by atoms with Crippen LogP contribution in [0.5, 0.6) is 0 Å². The normalized spacial score (nSPS) is 16.2. The largest absolute Gasteiger partial charge is 0.312 e. The number of nitrogens with two attached hydrogens (primary N) is 1. The van der Waals surface area contributed by atoms with Crippen LogP contribution in [-0.4, -0.2) is 11.9 Å². The third-order valence-corrected chi connectivity index (χ3v) is 2.94. The summed E-state index contributed by atoms with van der Waals surface area (Å²) >= 11 is 0. The van der Waals surface area contributed by atoms with Crippen molar-refractivity contribution in [2.24, 2.45) is 10.8 Å². The van der Waals surface area contributed by atoms with E-state index in [0.29, 0.717) is 6.04 Å². The van der Waals surface area contributed by atoms with Gasteiger partial charge in [0.25, 0.3) is 0 Å². The third-order valence-electron chi connectivity index (χ3n) is 2.94. The lowest BCUT2D eigenvalue weighted by molar-refractivity contribution is 0.892. The molecule has 1 aromatic carbocycles. The number of benzene rings is 1. The zero-order chi connectivity index (χ0) is 11.4. The number of amidine groups is 1. The first kappa shape index (κ1) is 11.1. The molecular formula is C13H19N3. The van der Waals surface area contributed by atoms with Crippen molar-refractivity contribution in [3.63, 3.8) is 0 Å². The molecule has 1 aliphatic carbocycles. The van der Waals surface area contributed by atoms with Crippen molar-refractivity contribution in [1.29, 1.82) is 0 Å². The Labute approximate surface area is 96.7 Å². The molecule has 0 bridgehead atoms. The monoisotopic (exact) mass is 217 g/mol. The lowest BCUT2D eigenvalue weighted by Crippen LogP contribution is -2.31. The van der Waals surface area contributed by atoms with Crippen LogP contribution in [0, 0.1) is 6.92 Å². The number of aryl methyl sites for hydroxylation is 2. The van der Waals surface area contributed by atoms with Crippen LogP contribution in [-0.2, 0) is 6.42 Å². The summed E-state index contributed by atoms with van der Waals surface area (Å²) in [5.41, 5.74) is 5.43. The molecule has 0 amide bonds. The zero-order valence-electron chi connectivity index (χ0n) is 9.74. The number of aliphatic imine (C=N–C) groups is 1. The highest BCUT2D eigenvalue weighted by Crippen LogP contribution is 2.23. The van der Waals surface area contributed by atoms with Crippen LogP contribution in [0.4, 0.5) is 0 Å². The molecule has 86 valence electrons. The molecule has 1 aromatic rings. The van der Waals surface area contributed by atoms with E-state index < -0.39 is 0 Å². The van der Waals surface area contributed by atoms with Gasteiger partial charge in [0, 0.05) is 6.42 Å². The van der Waals surface area contributed by atoms with E-state index in [4.69, 9.17) is 5.84 Å². The molecule has 1 fully saturated rings.